The van der Waals surface area contributed by atoms with Gasteiger partial charge in [-0.15, -0.1) is 0 Å². The predicted octanol–water partition coefficient (Wildman–Crippen LogP) is 3.26. The molecule has 0 spiro atoms. The molecule has 6 heteroatoms. The van der Waals surface area contributed by atoms with Crippen LogP contribution < -0.4 is 5.32 Å². The zero-order valence-corrected chi connectivity index (χ0v) is 15.8. The summed E-state index contributed by atoms with van der Waals surface area (Å²) in [4.78, 5) is 19.9. The van der Waals surface area contributed by atoms with E-state index in [1.165, 1.54) is 0 Å². The second-order valence-electron chi connectivity index (χ2n) is 7.14. The van der Waals surface area contributed by atoms with Gasteiger partial charge in [0.15, 0.2) is 0 Å². The van der Waals surface area contributed by atoms with E-state index < -0.39 is 0 Å². The second-order valence-corrected chi connectivity index (χ2v) is 7.14. The van der Waals surface area contributed by atoms with Crippen LogP contribution in [0.1, 0.15) is 35.3 Å². The minimum atomic E-state index is 0.0636. The molecule has 1 amide bonds. The third-order valence-electron chi connectivity index (χ3n) is 5.25. The molecule has 2 N–H and O–H groups in total. The largest absolute Gasteiger partial charge is 0.330 e. The number of carbonyl (C=O) groups is 1. The summed E-state index contributed by atoms with van der Waals surface area (Å²) in [6, 6.07) is 15.7. The van der Waals surface area contributed by atoms with Gasteiger partial charge in [0.05, 0.1) is 17.9 Å². The molecule has 1 atom stereocenters. The first-order chi connectivity index (χ1) is 13.8. The number of aromatic nitrogens is 3. The van der Waals surface area contributed by atoms with Gasteiger partial charge in [-0.25, -0.2) is 0 Å². The zero-order valence-electron chi connectivity index (χ0n) is 15.8. The number of hydrogen-bond acceptors (Lipinski definition) is 4. The van der Waals surface area contributed by atoms with Crippen molar-refractivity contribution in [2.24, 2.45) is 0 Å². The fraction of sp³-hybridized carbons (Fsp3) is 0.318. The number of carbonyl (C=O) groups excluding carboxylic acids is 1. The zero-order chi connectivity index (χ0) is 19.2. The van der Waals surface area contributed by atoms with Crippen molar-refractivity contribution in [1.82, 2.24) is 25.4 Å². The minimum absolute atomic E-state index is 0.0636. The Bertz CT molecular complexity index is 869. The molecule has 0 aliphatic carbocycles. The lowest BCUT2D eigenvalue weighted by Crippen LogP contribution is -2.40. The minimum Gasteiger partial charge on any atom is -0.330 e. The van der Waals surface area contributed by atoms with Gasteiger partial charge in [0.1, 0.15) is 0 Å². The highest BCUT2D eigenvalue weighted by molar-refractivity contribution is 5.94. The number of amides is 1. The van der Waals surface area contributed by atoms with Gasteiger partial charge in [0.25, 0.3) is 5.91 Å². The molecule has 1 unspecified atom stereocenters. The van der Waals surface area contributed by atoms with Crippen LogP contribution in [0.4, 0.5) is 0 Å². The number of nitrogens with one attached hydrogen (secondary N) is 2. The highest BCUT2D eigenvalue weighted by Crippen LogP contribution is 2.22. The number of nitrogens with zero attached hydrogens (tertiary/aromatic N) is 3. The first-order valence-corrected chi connectivity index (χ1v) is 9.82. The number of H-pyrrole nitrogens is 1. The Kier molecular flexibility index (Phi) is 5.77. The lowest BCUT2D eigenvalue weighted by atomic mass is 10.0. The van der Waals surface area contributed by atoms with E-state index >= 15 is 0 Å². The van der Waals surface area contributed by atoms with Crippen molar-refractivity contribution >= 4 is 5.91 Å². The van der Waals surface area contributed by atoms with Gasteiger partial charge in [-0.05, 0) is 68.2 Å². The molecule has 1 aliphatic rings. The summed E-state index contributed by atoms with van der Waals surface area (Å²) in [5, 5.41) is 10.4. The molecule has 0 radical (unpaired) electrons. The Morgan fingerprint density at radius 3 is 2.68 bits per heavy atom. The van der Waals surface area contributed by atoms with E-state index in [0.717, 1.165) is 49.3 Å². The van der Waals surface area contributed by atoms with Gasteiger partial charge in [-0.2, -0.15) is 5.10 Å². The molecular weight excluding hydrogens is 350 g/mol. The Morgan fingerprint density at radius 1 is 1.04 bits per heavy atom. The van der Waals surface area contributed by atoms with Crippen LogP contribution in [0.25, 0.3) is 11.3 Å². The first-order valence-electron chi connectivity index (χ1n) is 9.82. The van der Waals surface area contributed by atoms with Crippen LogP contribution in [0.3, 0.4) is 0 Å². The van der Waals surface area contributed by atoms with Crippen molar-refractivity contribution < 1.29 is 4.79 Å². The average Bonchev–Trinajstić information content (AvgIpc) is 3.15. The fourth-order valence-corrected chi connectivity index (χ4v) is 3.72. The van der Waals surface area contributed by atoms with Crippen LogP contribution in [0.15, 0.2) is 60.9 Å². The Labute approximate surface area is 165 Å². The molecule has 1 fully saturated rings. The van der Waals surface area contributed by atoms with Crippen LogP contribution in [0.2, 0.25) is 0 Å². The van der Waals surface area contributed by atoms with Crippen molar-refractivity contribution in [3.05, 3.63) is 72.2 Å². The van der Waals surface area contributed by atoms with Crippen LogP contribution in [0, 0.1) is 0 Å². The van der Waals surface area contributed by atoms with E-state index in [0.29, 0.717) is 12.1 Å². The van der Waals surface area contributed by atoms with E-state index in [1.54, 1.807) is 12.4 Å². The number of pyridine rings is 1. The summed E-state index contributed by atoms with van der Waals surface area (Å²) in [5.74, 6) is 0.0636. The highest BCUT2D eigenvalue weighted by Gasteiger charge is 2.26. The number of hydrogen-bond donors (Lipinski definition) is 2. The average molecular weight is 375 g/mol. The highest BCUT2D eigenvalue weighted by atomic mass is 16.2. The first kappa shape index (κ1) is 18.4. The molecule has 1 aromatic carbocycles. The summed E-state index contributed by atoms with van der Waals surface area (Å²) < 4.78 is 0. The number of benzene rings is 1. The van der Waals surface area contributed by atoms with Crippen LogP contribution >= 0.6 is 0 Å². The SMILES string of the molecule is O=C(c1ccc(-c2ccn[nH]2)cc1)N(Cc1ccccn1)C1CCCNCC1. The van der Waals surface area contributed by atoms with Crippen molar-refractivity contribution in [3.8, 4) is 11.3 Å². The summed E-state index contributed by atoms with van der Waals surface area (Å²) in [5.41, 5.74) is 3.58. The Balaban J connectivity index is 1.58. The van der Waals surface area contributed by atoms with Crippen LogP contribution in [-0.2, 0) is 6.54 Å². The lowest BCUT2D eigenvalue weighted by molar-refractivity contribution is 0.0642. The van der Waals surface area contributed by atoms with Crippen molar-refractivity contribution in [2.45, 2.75) is 31.8 Å². The summed E-state index contributed by atoms with van der Waals surface area (Å²) in [6.45, 7) is 2.49. The van der Waals surface area contributed by atoms with Crippen LogP contribution in [-0.4, -0.2) is 45.1 Å². The molecule has 0 bridgehead atoms. The second kappa shape index (κ2) is 8.80. The summed E-state index contributed by atoms with van der Waals surface area (Å²) in [7, 11) is 0. The van der Waals surface area contributed by atoms with Crippen molar-refractivity contribution in [3.63, 3.8) is 0 Å². The van der Waals surface area contributed by atoms with Gasteiger partial charge in [0, 0.05) is 24.0 Å². The Hall–Kier alpha value is -2.99. The summed E-state index contributed by atoms with van der Waals surface area (Å²) >= 11 is 0. The van der Waals surface area contributed by atoms with E-state index in [9.17, 15) is 4.79 Å². The van der Waals surface area contributed by atoms with E-state index in [4.69, 9.17) is 0 Å². The Morgan fingerprint density at radius 2 is 1.93 bits per heavy atom. The van der Waals surface area contributed by atoms with Gasteiger partial charge < -0.3 is 10.2 Å². The molecule has 2 aromatic heterocycles. The maximum absolute atomic E-state index is 13.4. The molecular formula is C22H25N5O. The molecule has 1 aliphatic heterocycles. The third-order valence-corrected chi connectivity index (χ3v) is 5.25. The van der Waals surface area contributed by atoms with Gasteiger partial charge in [-0.3, -0.25) is 14.9 Å². The van der Waals surface area contributed by atoms with Gasteiger partial charge >= 0.3 is 0 Å². The topological polar surface area (TPSA) is 73.9 Å². The lowest BCUT2D eigenvalue weighted by Gasteiger charge is -2.31. The van der Waals surface area contributed by atoms with Gasteiger partial charge in [-0.1, -0.05) is 18.2 Å². The molecule has 4 rings (SSSR count). The van der Waals surface area contributed by atoms with Gasteiger partial charge in [0.2, 0.25) is 0 Å². The molecule has 6 nitrogen and oxygen atoms in total. The maximum atomic E-state index is 13.4. The third kappa shape index (κ3) is 4.28. The van der Waals surface area contributed by atoms with E-state index in [1.807, 2.05) is 53.4 Å². The quantitative estimate of drug-likeness (QED) is 0.718. The van der Waals surface area contributed by atoms with Crippen LogP contribution in [0.5, 0.6) is 0 Å². The van der Waals surface area contributed by atoms with Crippen molar-refractivity contribution in [2.75, 3.05) is 13.1 Å². The predicted molar refractivity (Wildman–Crippen MR) is 109 cm³/mol. The molecule has 3 aromatic rings. The normalized spacial score (nSPS) is 17.1. The number of aromatic amines is 1. The van der Waals surface area contributed by atoms with Crippen molar-refractivity contribution in [1.29, 1.82) is 0 Å². The smallest absolute Gasteiger partial charge is 0.254 e. The molecule has 3 heterocycles. The van der Waals surface area contributed by atoms with E-state index in [2.05, 4.69) is 20.5 Å². The standard InChI is InChI=1S/C22H25N5O/c28-22(18-8-6-17(7-9-18)21-11-15-25-26-21)27(16-19-4-1-2-13-24-19)20-5-3-12-23-14-10-20/h1-2,4,6-9,11,13,15,20,23H,3,5,10,12,14,16H2,(H,25,26). The summed E-state index contributed by atoms with van der Waals surface area (Å²) in [6.07, 6.45) is 6.56. The molecule has 0 saturated carbocycles. The monoisotopic (exact) mass is 375 g/mol. The maximum Gasteiger partial charge on any atom is 0.254 e. The van der Waals surface area contributed by atoms with E-state index in [-0.39, 0.29) is 11.9 Å². The fourth-order valence-electron chi connectivity index (χ4n) is 3.72. The molecule has 144 valence electrons. The molecule has 1 saturated heterocycles. The number of rotatable bonds is 5. The molecule has 28 heavy (non-hydrogen) atoms.